The first-order chi connectivity index (χ1) is 14.3. The number of carbonyl (C=O) groups excluding carboxylic acids is 2. The average Bonchev–Trinajstić information content (AvgIpc) is 2.72. The fraction of sp³-hybridized carbons (Fsp3) is 0. The Morgan fingerprint density at radius 2 is 1.53 bits per heavy atom. The third-order valence-corrected chi connectivity index (χ3v) is 5.00. The Morgan fingerprint density at radius 3 is 2.20 bits per heavy atom. The summed E-state index contributed by atoms with van der Waals surface area (Å²) in [6.07, 6.45) is 1.32. The van der Waals surface area contributed by atoms with Crippen molar-refractivity contribution >= 4 is 55.6 Å². The summed E-state index contributed by atoms with van der Waals surface area (Å²) in [5.41, 5.74) is 3.90. The molecule has 0 aliphatic rings. The summed E-state index contributed by atoms with van der Waals surface area (Å²) >= 11 is 6.53. The number of hydrogen-bond acceptors (Lipinski definition) is 4. The molecule has 6 nitrogen and oxygen atoms in total. The van der Waals surface area contributed by atoms with Gasteiger partial charge < -0.3 is 10.4 Å². The third-order valence-electron chi connectivity index (χ3n) is 3.94. The van der Waals surface area contributed by atoms with Crippen molar-refractivity contribution in [2.45, 2.75) is 0 Å². The molecule has 3 aromatic carbocycles. The number of phenolic OH excluding ortho intramolecular Hbond substituents is 1. The molecule has 0 aliphatic carbocycles. The number of rotatable bonds is 5. The van der Waals surface area contributed by atoms with Crippen molar-refractivity contribution < 1.29 is 19.1 Å². The van der Waals surface area contributed by atoms with E-state index in [-0.39, 0.29) is 5.75 Å². The van der Waals surface area contributed by atoms with E-state index < -0.39 is 17.6 Å². The van der Waals surface area contributed by atoms with Gasteiger partial charge in [0.25, 0.3) is 11.8 Å². The number of benzene rings is 3. The molecular weight excluding hydrogens is 521 g/mol. The van der Waals surface area contributed by atoms with Gasteiger partial charge in [0, 0.05) is 26.9 Å². The summed E-state index contributed by atoms with van der Waals surface area (Å²) < 4.78 is 14.2. The molecule has 0 atom stereocenters. The number of aromatic hydroxyl groups is 1. The number of anilines is 1. The van der Waals surface area contributed by atoms with Gasteiger partial charge >= 0.3 is 0 Å². The normalized spacial score (nSPS) is 10.8. The molecule has 0 aliphatic heterocycles. The monoisotopic (exact) mass is 533 g/mol. The predicted molar refractivity (Wildman–Crippen MR) is 119 cm³/mol. The number of phenols is 1. The van der Waals surface area contributed by atoms with Crippen LogP contribution in [0, 0.1) is 5.82 Å². The molecule has 3 N–H and O–H groups in total. The van der Waals surface area contributed by atoms with Crippen molar-refractivity contribution in [1.29, 1.82) is 0 Å². The van der Waals surface area contributed by atoms with Crippen molar-refractivity contribution in [2.75, 3.05) is 5.32 Å². The van der Waals surface area contributed by atoms with Crippen LogP contribution >= 0.6 is 31.9 Å². The van der Waals surface area contributed by atoms with Crippen LogP contribution in [0.4, 0.5) is 10.1 Å². The highest BCUT2D eigenvalue weighted by atomic mass is 79.9. The van der Waals surface area contributed by atoms with Crippen LogP contribution in [0.5, 0.6) is 5.75 Å². The van der Waals surface area contributed by atoms with Crippen LogP contribution in [0.3, 0.4) is 0 Å². The highest BCUT2D eigenvalue weighted by Gasteiger charge is 2.09. The lowest BCUT2D eigenvalue weighted by molar-refractivity contribution is 0.0954. The van der Waals surface area contributed by atoms with Crippen molar-refractivity contribution in [3.8, 4) is 5.75 Å². The molecule has 0 radical (unpaired) electrons. The molecule has 0 saturated heterocycles. The van der Waals surface area contributed by atoms with Crippen LogP contribution in [-0.4, -0.2) is 23.1 Å². The van der Waals surface area contributed by atoms with Crippen LogP contribution < -0.4 is 10.7 Å². The lowest BCUT2D eigenvalue weighted by atomic mass is 10.1. The van der Waals surface area contributed by atoms with Gasteiger partial charge in [-0.3, -0.25) is 9.59 Å². The largest absolute Gasteiger partial charge is 0.506 e. The summed E-state index contributed by atoms with van der Waals surface area (Å²) in [4.78, 5) is 24.3. The highest BCUT2D eigenvalue weighted by Crippen LogP contribution is 2.30. The van der Waals surface area contributed by atoms with Gasteiger partial charge in [-0.25, -0.2) is 9.82 Å². The predicted octanol–water partition coefficient (Wildman–Crippen LogP) is 5.07. The van der Waals surface area contributed by atoms with Gasteiger partial charge in [0.2, 0.25) is 0 Å². The van der Waals surface area contributed by atoms with E-state index in [4.69, 9.17) is 0 Å². The Kier molecular flexibility index (Phi) is 6.96. The van der Waals surface area contributed by atoms with Crippen LogP contribution in [0.2, 0.25) is 0 Å². The SMILES string of the molecule is O=C(NN=Cc1cc(Br)cc(Br)c1O)c1ccc(NC(=O)c2ccc(F)cc2)cc1. The van der Waals surface area contributed by atoms with E-state index in [0.29, 0.717) is 26.9 Å². The summed E-state index contributed by atoms with van der Waals surface area (Å²) in [7, 11) is 0. The van der Waals surface area contributed by atoms with E-state index in [1.165, 1.54) is 42.6 Å². The average molecular weight is 535 g/mol. The fourth-order valence-corrected chi connectivity index (χ4v) is 3.68. The second kappa shape index (κ2) is 9.64. The Hall–Kier alpha value is -3.04. The number of amides is 2. The molecule has 0 saturated carbocycles. The molecule has 9 heteroatoms. The molecule has 3 aromatic rings. The number of nitrogens with one attached hydrogen (secondary N) is 2. The van der Waals surface area contributed by atoms with E-state index in [1.807, 2.05) is 0 Å². The summed E-state index contributed by atoms with van der Waals surface area (Å²) in [5.74, 6) is -1.28. The Labute approximate surface area is 188 Å². The molecule has 0 bridgehead atoms. The molecule has 0 heterocycles. The molecule has 30 heavy (non-hydrogen) atoms. The second-order valence-electron chi connectivity index (χ2n) is 6.06. The topological polar surface area (TPSA) is 90.8 Å². The van der Waals surface area contributed by atoms with Crippen molar-refractivity contribution in [1.82, 2.24) is 5.43 Å². The fourth-order valence-electron chi connectivity index (χ4n) is 2.42. The standard InChI is InChI=1S/C21H14Br2FN3O3/c22-15-9-14(19(28)18(23)10-15)11-25-27-21(30)13-3-7-17(8-4-13)26-20(29)12-1-5-16(24)6-2-12/h1-11,28H,(H,26,29)(H,27,30). The zero-order valence-corrected chi connectivity index (χ0v) is 18.4. The number of carbonyl (C=O) groups is 2. The minimum absolute atomic E-state index is 0.00236. The van der Waals surface area contributed by atoms with Crippen LogP contribution in [0.1, 0.15) is 26.3 Å². The van der Waals surface area contributed by atoms with E-state index in [1.54, 1.807) is 24.3 Å². The maximum Gasteiger partial charge on any atom is 0.271 e. The van der Waals surface area contributed by atoms with E-state index >= 15 is 0 Å². The maximum absolute atomic E-state index is 12.9. The molecule has 0 aromatic heterocycles. The Balaban J connectivity index is 1.61. The number of hydrogen-bond donors (Lipinski definition) is 3. The van der Waals surface area contributed by atoms with Crippen LogP contribution in [0.15, 0.2) is 74.7 Å². The Bertz CT molecular complexity index is 1120. The smallest absolute Gasteiger partial charge is 0.271 e. The lowest BCUT2D eigenvalue weighted by Gasteiger charge is -2.06. The first kappa shape index (κ1) is 21.7. The lowest BCUT2D eigenvalue weighted by Crippen LogP contribution is -2.18. The number of nitrogens with zero attached hydrogens (tertiary/aromatic N) is 1. The van der Waals surface area contributed by atoms with Gasteiger partial charge in [0.15, 0.2) is 0 Å². The van der Waals surface area contributed by atoms with E-state index in [2.05, 4.69) is 47.7 Å². The van der Waals surface area contributed by atoms with Gasteiger partial charge in [-0.05, 0) is 76.6 Å². The summed E-state index contributed by atoms with van der Waals surface area (Å²) in [6.45, 7) is 0. The maximum atomic E-state index is 12.9. The van der Waals surface area contributed by atoms with Gasteiger partial charge in [-0.1, -0.05) is 15.9 Å². The van der Waals surface area contributed by atoms with Crippen LogP contribution in [-0.2, 0) is 0 Å². The van der Waals surface area contributed by atoms with Gasteiger partial charge in [0.05, 0.1) is 10.7 Å². The van der Waals surface area contributed by atoms with Crippen molar-refractivity contribution in [2.24, 2.45) is 5.10 Å². The quantitative estimate of drug-likeness (QED) is 0.315. The van der Waals surface area contributed by atoms with E-state index in [0.717, 1.165) is 4.47 Å². The minimum Gasteiger partial charge on any atom is -0.506 e. The summed E-state index contributed by atoms with van der Waals surface area (Å²) in [5, 5.41) is 16.5. The van der Waals surface area contributed by atoms with Gasteiger partial charge in [-0.15, -0.1) is 0 Å². The third kappa shape index (κ3) is 5.52. The van der Waals surface area contributed by atoms with Gasteiger partial charge in [-0.2, -0.15) is 5.10 Å². The van der Waals surface area contributed by atoms with Crippen LogP contribution in [0.25, 0.3) is 0 Å². The molecular formula is C21H14Br2FN3O3. The van der Waals surface area contributed by atoms with E-state index in [9.17, 15) is 19.1 Å². The number of halogens is 3. The molecule has 0 spiro atoms. The molecule has 2 amide bonds. The molecule has 3 rings (SSSR count). The minimum atomic E-state index is -0.462. The zero-order valence-electron chi connectivity index (χ0n) is 15.2. The summed E-state index contributed by atoms with van der Waals surface area (Å²) in [6, 6.07) is 14.7. The number of hydrazone groups is 1. The first-order valence-corrected chi connectivity index (χ1v) is 10.1. The first-order valence-electron chi connectivity index (χ1n) is 8.52. The molecule has 152 valence electrons. The molecule has 0 unspecified atom stereocenters. The van der Waals surface area contributed by atoms with Crippen molar-refractivity contribution in [3.05, 3.63) is 92.1 Å². The second-order valence-corrected chi connectivity index (χ2v) is 7.83. The van der Waals surface area contributed by atoms with Gasteiger partial charge in [0.1, 0.15) is 11.6 Å². The highest BCUT2D eigenvalue weighted by molar-refractivity contribution is 9.11. The zero-order chi connectivity index (χ0) is 21.7. The Morgan fingerprint density at radius 1 is 0.933 bits per heavy atom. The van der Waals surface area contributed by atoms with Crippen molar-refractivity contribution in [3.63, 3.8) is 0 Å². The molecule has 0 fully saturated rings.